The van der Waals surface area contributed by atoms with Gasteiger partial charge in [0.2, 0.25) is 0 Å². The molecule has 2 aromatic carbocycles. The van der Waals surface area contributed by atoms with Gasteiger partial charge in [0.1, 0.15) is 29.9 Å². The van der Waals surface area contributed by atoms with Crippen molar-refractivity contribution in [1.82, 2.24) is 9.88 Å². The average Bonchev–Trinajstić information content (AvgIpc) is 3.52. The first kappa shape index (κ1) is 23.1. The number of aliphatic hydroxyl groups excluding tert-OH is 1. The van der Waals surface area contributed by atoms with Gasteiger partial charge in [-0.3, -0.25) is 14.6 Å². The van der Waals surface area contributed by atoms with Gasteiger partial charge in [-0.2, -0.15) is 0 Å². The van der Waals surface area contributed by atoms with Gasteiger partial charge in [0.05, 0.1) is 24.1 Å². The van der Waals surface area contributed by atoms with Crippen molar-refractivity contribution in [2.45, 2.75) is 26.1 Å². The SMILES string of the molecule is Cc1cc(/C(O)=C2/C(=O)C(=O)N(Cc3ccccn3)C2c2ccco2)ccc1OCc1ccccc1. The molecule has 0 aliphatic carbocycles. The summed E-state index contributed by atoms with van der Waals surface area (Å²) in [6.45, 7) is 2.36. The number of nitrogens with zero attached hydrogens (tertiary/aromatic N) is 2. The summed E-state index contributed by atoms with van der Waals surface area (Å²) < 4.78 is 11.5. The topological polar surface area (TPSA) is 92.9 Å². The molecule has 1 fully saturated rings. The van der Waals surface area contributed by atoms with Crippen LogP contribution in [0.5, 0.6) is 5.75 Å². The van der Waals surface area contributed by atoms with Gasteiger partial charge in [-0.15, -0.1) is 0 Å². The van der Waals surface area contributed by atoms with Crippen LogP contribution in [0, 0.1) is 6.92 Å². The van der Waals surface area contributed by atoms with Gasteiger partial charge in [0.25, 0.3) is 11.7 Å². The van der Waals surface area contributed by atoms with Gasteiger partial charge in [-0.05, 0) is 60.5 Å². The molecule has 1 N–H and O–H groups in total. The van der Waals surface area contributed by atoms with Gasteiger partial charge in [-0.25, -0.2) is 0 Å². The van der Waals surface area contributed by atoms with Gasteiger partial charge in [0, 0.05) is 11.8 Å². The quantitative estimate of drug-likeness (QED) is 0.222. The fourth-order valence-electron chi connectivity index (χ4n) is 4.30. The van der Waals surface area contributed by atoms with Gasteiger partial charge in [0.15, 0.2) is 0 Å². The molecule has 1 atom stereocenters. The van der Waals surface area contributed by atoms with Crippen LogP contribution >= 0.6 is 0 Å². The number of hydrogen-bond acceptors (Lipinski definition) is 6. The number of Topliss-reactive ketones (excluding diaryl/α,β-unsaturated/α-hetero) is 1. The molecule has 1 saturated heterocycles. The molecule has 180 valence electrons. The van der Waals surface area contributed by atoms with Crippen molar-refractivity contribution in [1.29, 1.82) is 0 Å². The lowest BCUT2D eigenvalue weighted by molar-refractivity contribution is -0.140. The number of pyridine rings is 1. The number of ether oxygens (including phenoxy) is 1. The van der Waals surface area contributed by atoms with E-state index in [0.29, 0.717) is 29.4 Å². The molecule has 1 aliphatic heterocycles. The van der Waals surface area contributed by atoms with E-state index in [4.69, 9.17) is 9.15 Å². The van der Waals surface area contributed by atoms with E-state index in [-0.39, 0.29) is 17.9 Å². The van der Waals surface area contributed by atoms with Crippen LogP contribution in [-0.4, -0.2) is 26.7 Å². The highest BCUT2D eigenvalue weighted by atomic mass is 16.5. The van der Waals surface area contributed by atoms with E-state index in [2.05, 4.69) is 4.98 Å². The summed E-state index contributed by atoms with van der Waals surface area (Å²) in [4.78, 5) is 31.8. The number of ketones is 1. The van der Waals surface area contributed by atoms with Crippen molar-refractivity contribution in [2.75, 3.05) is 0 Å². The molecule has 1 amide bonds. The largest absolute Gasteiger partial charge is 0.507 e. The maximum absolute atomic E-state index is 13.1. The van der Waals surface area contributed by atoms with Gasteiger partial charge >= 0.3 is 0 Å². The molecule has 3 heterocycles. The molecule has 0 bridgehead atoms. The van der Waals surface area contributed by atoms with Crippen LogP contribution in [0.3, 0.4) is 0 Å². The van der Waals surface area contributed by atoms with Gasteiger partial charge < -0.3 is 19.2 Å². The number of likely N-dealkylation sites (tertiary alicyclic amines) is 1. The molecule has 0 spiro atoms. The van der Waals surface area contributed by atoms with E-state index in [1.54, 1.807) is 48.7 Å². The lowest BCUT2D eigenvalue weighted by Crippen LogP contribution is -2.29. The molecule has 2 aromatic heterocycles. The fourth-order valence-corrected chi connectivity index (χ4v) is 4.30. The zero-order chi connectivity index (χ0) is 25.1. The van der Waals surface area contributed by atoms with E-state index in [9.17, 15) is 14.7 Å². The molecular weight excluding hydrogens is 456 g/mol. The Morgan fingerprint density at radius 1 is 1.03 bits per heavy atom. The lowest BCUT2D eigenvalue weighted by Gasteiger charge is -2.23. The normalized spacial score (nSPS) is 16.9. The lowest BCUT2D eigenvalue weighted by atomic mass is 9.98. The highest BCUT2D eigenvalue weighted by Crippen LogP contribution is 2.40. The second-order valence-corrected chi connectivity index (χ2v) is 8.52. The Hall–Kier alpha value is -4.65. The number of aryl methyl sites for hydroxylation is 1. The Balaban J connectivity index is 1.48. The van der Waals surface area contributed by atoms with Crippen LogP contribution in [0.25, 0.3) is 5.76 Å². The molecule has 5 rings (SSSR count). The van der Waals surface area contributed by atoms with Crippen LogP contribution in [0.1, 0.15) is 34.2 Å². The van der Waals surface area contributed by atoms with Crippen molar-refractivity contribution in [3.63, 3.8) is 0 Å². The monoisotopic (exact) mass is 480 g/mol. The van der Waals surface area contributed by atoms with Crippen LogP contribution < -0.4 is 4.74 Å². The van der Waals surface area contributed by atoms with Crippen LogP contribution in [0.4, 0.5) is 0 Å². The van der Waals surface area contributed by atoms with Crippen LogP contribution in [0.2, 0.25) is 0 Å². The summed E-state index contributed by atoms with van der Waals surface area (Å²) in [5.74, 6) is -0.717. The fraction of sp³-hybridized carbons (Fsp3) is 0.138. The summed E-state index contributed by atoms with van der Waals surface area (Å²) in [6, 6.07) is 22.8. The van der Waals surface area contributed by atoms with Crippen LogP contribution in [-0.2, 0) is 22.7 Å². The van der Waals surface area contributed by atoms with E-state index in [1.165, 1.54) is 11.2 Å². The average molecular weight is 481 g/mol. The number of aliphatic hydroxyl groups is 1. The van der Waals surface area contributed by atoms with Crippen molar-refractivity contribution < 1.29 is 23.8 Å². The first-order chi connectivity index (χ1) is 17.5. The number of carbonyl (C=O) groups is 2. The molecule has 1 unspecified atom stereocenters. The predicted molar refractivity (Wildman–Crippen MR) is 133 cm³/mol. The van der Waals surface area contributed by atoms with Crippen molar-refractivity contribution in [3.8, 4) is 5.75 Å². The molecule has 0 radical (unpaired) electrons. The summed E-state index contributed by atoms with van der Waals surface area (Å²) in [5.41, 5.74) is 2.82. The van der Waals surface area contributed by atoms with E-state index in [1.807, 2.05) is 43.3 Å². The van der Waals surface area contributed by atoms with E-state index in [0.717, 1.165) is 11.1 Å². The van der Waals surface area contributed by atoms with E-state index >= 15 is 0 Å². The second-order valence-electron chi connectivity index (χ2n) is 8.52. The number of amides is 1. The minimum Gasteiger partial charge on any atom is -0.507 e. The third-order valence-electron chi connectivity index (χ3n) is 6.10. The zero-order valence-corrected chi connectivity index (χ0v) is 19.6. The molecule has 1 aliphatic rings. The van der Waals surface area contributed by atoms with Crippen molar-refractivity contribution >= 4 is 17.4 Å². The summed E-state index contributed by atoms with van der Waals surface area (Å²) in [6.07, 6.45) is 3.09. The third-order valence-corrected chi connectivity index (χ3v) is 6.10. The van der Waals surface area contributed by atoms with E-state index < -0.39 is 17.7 Å². The Labute approximate surface area is 208 Å². The number of aromatic nitrogens is 1. The maximum atomic E-state index is 13.1. The summed E-state index contributed by atoms with van der Waals surface area (Å²) in [7, 11) is 0. The molecule has 0 saturated carbocycles. The Kier molecular flexibility index (Phi) is 6.36. The summed E-state index contributed by atoms with van der Waals surface area (Å²) >= 11 is 0. The number of benzene rings is 2. The highest BCUT2D eigenvalue weighted by molar-refractivity contribution is 6.46. The second kappa shape index (κ2) is 9.92. The third kappa shape index (κ3) is 4.51. The minimum atomic E-state index is -0.878. The number of carbonyl (C=O) groups excluding carboxylic acids is 2. The molecule has 7 nitrogen and oxygen atoms in total. The number of hydrogen-bond donors (Lipinski definition) is 1. The standard InChI is InChI=1S/C29H24N2O5/c1-19-16-21(12-13-23(19)36-18-20-8-3-2-4-9-20)27(32)25-26(24-11-7-15-35-24)31(29(34)28(25)33)17-22-10-5-6-14-30-22/h2-16,26,32H,17-18H2,1H3/b27-25-. The molecule has 36 heavy (non-hydrogen) atoms. The molecule has 7 heteroatoms. The first-order valence-electron chi connectivity index (χ1n) is 11.5. The predicted octanol–water partition coefficient (Wildman–Crippen LogP) is 5.18. The Morgan fingerprint density at radius 3 is 2.53 bits per heavy atom. The minimum absolute atomic E-state index is 0.0248. The van der Waals surface area contributed by atoms with Crippen LogP contribution in [0.15, 0.2) is 101 Å². The molecular formula is C29H24N2O5. The zero-order valence-electron chi connectivity index (χ0n) is 19.6. The Bertz CT molecular complexity index is 1410. The smallest absolute Gasteiger partial charge is 0.296 e. The first-order valence-corrected chi connectivity index (χ1v) is 11.5. The van der Waals surface area contributed by atoms with Gasteiger partial charge in [-0.1, -0.05) is 36.4 Å². The summed E-state index contributed by atoms with van der Waals surface area (Å²) in [5, 5.41) is 11.3. The van der Waals surface area contributed by atoms with Crippen molar-refractivity contribution in [3.05, 3.63) is 125 Å². The maximum Gasteiger partial charge on any atom is 0.296 e. The highest BCUT2D eigenvalue weighted by Gasteiger charge is 2.47. The van der Waals surface area contributed by atoms with Crippen molar-refractivity contribution in [2.24, 2.45) is 0 Å². The number of rotatable bonds is 7. The molecule has 4 aromatic rings. The Morgan fingerprint density at radius 2 is 1.83 bits per heavy atom. The number of furan rings is 1.